The number of fused-ring (bicyclic) bond motifs is 9. The molecule has 0 spiro atoms. The molecule has 3 fully saturated rings. The standard InChI is InChI=1S/C15H18O2/c16-4-3-10-11-6-12(13(10)7-17)15-9-2-1-8(5-9)14(11)15/h1-2,4,7-15H,3,5-6H2. The average Bonchev–Trinajstić information content (AvgIpc) is 3.06. The van der Waals surface area contributed by atoms with Gasteiger partial charge in [0.2, 0.25) is 0 Å². The zero-order chi connectivity index (χ0) is 11.6. The van der Waals surface area contributed by atoms with Crippen LogP contribution < -0.4 is 0 Å². The summed E-state index contributed by atoms with van der Waals surface area (Å²) in [5.74, 6) is 4.88. The molecule has 4 rings (SSSR count). The summed E-state index contributed by atoms with van der Waals surface area (Å²) in [7, 11) is 0. The predicted octanol–water partition coefficient (Wildman–Crippen LogP) is 2.09. The van der Waals surface area contributed by atoms with Gasteiger partial charge in [-0.25, -0.2) is 0 Å². The van der Waals surface area contributed by atoms with E-state index in [9.17, 15) is 9.59 Å². The molecule has 0 amide bonds. The predicted molar refractivity (Wildman–Crippen MR) is 63.0 cm³/mol. The molecule has 0 aromatic rings. The van der Waals surface area contributed by atoms with Gasteiger partial charge in [0, 0.05) is 12.3 Å². The number of carbonyl (C=O) groups excluding carboxylic acids is 2. The zero-order valence-electron chi connectivity index (χ0n) is 9.87. The van der Waals surface area contributed by atoms with Gasteiger partial charge in [0.05, 0.1) is 0 Å². The largest absolute Gasteiger partial charge is 0.303 e. The summed E-state index contributed by atoms with van der Waals surface area (Å²) in [6, 6.07) is 0. The first-order valence-electron chi connectivity index (χ1n) is 6.92. The van der Waals surface area contributed by atoms with Crippen LogP contribution in [0.25, 0.3) is 0 Å². The first-order valence-corrected chi connectivity index (χ1v) is 6.92. The van der Waals surface area contributed by atoms with Gasteiger partial charge < -0.3 is 9.59 Å². The second-order valence-corrected chi connectivity index (χ2v) is 6.45. The molecule has 2 heteroatoms. The minimum Gasteiger partial charge on any atom is -0.303 e. The number of hydrogen-bond donors (Lipinski definition) is 0. The molecule has 4 aliphatic carbocycles. The fraction of sp³-hybridized carbons (Fsp3) is 0.733. The van der Waals surface area contributed by atoms with E-state index in [2.05, 4.69) is 12.2 Å². The van der Waals surface area contributed by atoms with E-state index in [1.54, 1.807) is 0 Å². The molecule has 4 bridgehead atoms. The van der Waals surface area contributed by atoms with E-state index in [0.29, 0.717) is 24.2 Å². The number of rotatable bonds is 3. The molecule has 8 atom stereocenters. The van der Waals surface area contributed by atoms with Crippen molar-refractivity contribution in [3.8, 4) is 0 Å². The van der Waals surface area contributed by atoms with Gasteiger partial charge >= 0.3 is 0 Å². The van der Waals surface area contributed by atoms with E-state index in [-0.39, 0.29) is 5.92 Å². The van der Waals surface area contributed by atoms with E-state index in [1.807, 2.05) is 0 Å². The number of hydrogen-bond acceptors (Lipinski definition) is 2. The van der Waals surface area contributed by atoms with Crippen molar-refractivity contribution in [2.75, 3.05) is 0 Å². The summed E-state index contributed by atoms with van der Waals surface area (Å²) in [6.45, 7) is 0. The van der Waals surface area contributed by atoms with E-state index >= 15 is 0 Å². The second kappa shape index (κ2) is 3.30. The van der Waals surface area contributed by atoms with Crippen molar-refractivity contribution in [3.05, 3.63) is 12.2 Å². The van der Waals surface area contributed by atoms with Crippen LogP contribution in [0.4, 0.5) is 0 Å². The first-order chi connectivity index (χ1) is 8.35. The summed E-state index contributed by atoms with van der Waals surface area (Å²) in [5, 5.41) is 0. The van der Waals surface area contributed by atoms with Crippen molar-refractivity contribution in [3.63, 3.8) is 0 Å². The lowest BCUT2D eigenvalue weighted by Gasteiger charge is -2.39. The fourth-order valence-corrected chi connectivity index (χ4v) is 5.85. The van der Waals surface area contributed by atoms with Crippen molar-refractivity contribution >= 4 is 12.6 Å². The molecule has 4 aliphatic rings. The van der Waals surface area contributed by atoms with Gasteiger partial charge in [-0.05, 0) is 54.3 Å². The second-order valence-electron chi connectivity index (χ2n) is 6.45. The molecule has 0 saturated heterocycles. The Hall–Kier alpha value is -0.920. The van der Waals surface area contributed by atoms with Gasteiger partial charge in [0.25, 0.3) is 0 Å². The molecule has 0 aromatic heterocycles. The number of allylic oxidation sites excluding steroid dienone is 2. The van der Waals surface area contributed by atoms with Crippen LogP contribution in [0.3, 0.4) is 0 Å². The Morgan fingerprint density at radius 2 is 1.71 bits per heavy atom. The summed E-state index contributed by atoms with van der Waals surface area (Å²) in [5.41, 5.74) is 0. The third kappa shape index (κ3) is 1.07. The molecule has 2 nitrogen and oxygen atoms in total. The third-order valence-electron chi connectivity index (χ3n) is 6.18. The van der Waals surface area contributed by atoms with Crippen LogP contribution in [0.5, 0.6) is 0 Å². The SMILES string of the molecule is O=CCC1C(C=O)C2CC1C1C3C=CC(C3)C21. The molecular weight excluding hydrogens is 212 g/mol. The maximum absolute atomic E-state index is 11.3. The zero-order valence-corrected chi connectivity index (χ0v) is 9.87. The average molecular weight is 230 g/mol. The van der Waals surface area contributed by atoms with Gasteiger partial charge in [0.1, 0.15) is 12.6 Å². The Balaban J connectivity index is 1.70. The molecule has 17 heavy (non-hydrogen) atoms. The van der Waals surface area contributed by atoms with Crippen molar-refractivity contribution in [2.45, 2.75) is 19.3 Å². The van der Waals surface area contributed by atoms with E-state index < -0.39 is 0 Å². The van der Waals surface area contributed by atoms with Crippen LogP contribution in [0.1, 0.15) is 19.3 Å². The van der Waals surface area contributed by atoms with Crippen molar-refractivity contribution in [2.24, 2.45) is 47.3 Å². The lowest BCUT2D eigenvalue weighted by atomic mass is 9.64. The van der Waals surface area contributed by atoms with Crippen LogP contribution in [0.15, 0.2) is 12.2 Å². The lowest BCUT2D eigenvalue weighted by Crippen LogP contribution is -2.37. The van der Waals surface area contributed by atoms with Crippen LogP contribution >= 0.6 is 0 Å². The van der Waals surface area contributed by atoms with Gasteiger partial charge in [-0.15, -0.1) is 0 Å². The summed E-state index contributed by atoms with van der Waals surface area (Å²) < 4.78 is 0. The van der Waals surface area contributed by atoms with Gasteiger partial charge in [-0.1, -0.05) is 12.2 Å². The summed E-state index contributed by atoms with van der Waals surface area (Å²) in [6.07, 6.45) is 10.1. The molecule has 3 saturated carbocycles. The van der Waals surface area contributed by atoms with Gasteiger partial charge in [-0.3, -0.25) is 0 Å². The van der Waals surface area contributed by atoms with Crippen LogP contribution in [-0.4, -0.2) is 12.6 Å². The maximum Gasteiger partial charge on any atom is 0.123 e. The highest BCUT2D eigenvalue weighted by Gasteiger charge is 2.64. The van der Waals surface area contributed by atoms with Crippen molar-refractivity contribution < 1.29 is 9.59 Å². The molecule has 0 N–H and O–H groups in total. The normalized spacial score (nSPS) is 57.4. The molecule has 0 aliphatic heterocycles. The quantitative estimate of drug-likeness (QED) is 0.422. The molecule has 8 unspecified atom stereocenters. The third-order valence-corrected chi connectivity index (χ3v) is 6.18. The highest BCUT2D eigenvalue weighted by atomic mass is 16.1. The fourth-order valence-electron chi connectivity index (χ4n) is 5.85. The Morgan fingerprint density at radius 1 is 1.00 bits per heavy atom. The Bertz CT molecular complexity index is 400. The molecule has 0 radical (unpaired) electrons. The lowest BCUT2D eigenvalue weighted by molar-refractivity contribution is -0.117. The number of aldehydes is 2. The highest BCUT2D eigenvalue weighted by molar-refractivity contribution is 5.59. The van der Waals surface area contributed by atoms with Gasteiger partial charge in [0.15, 0.2) is 0 Å². The maximum atomic E-state index is 11.3. The highest BCUT2D eigenvalue weighted by Crippen LogP contribution is 2.68. The first kappa shape index (κ1) is 10.0. The van der Waals surface area contributed by atoms with Crippen molar-refractivity contribution in [1.29, 1.82) is 0 Å². The van der Waals surface area contributed by atoms with Crippen molar-refractivity contribution in [1.82, 2.24) is 0 Å². The number of carbonyl (C=O) groups is 2. The van der Waals surface area contributed by atoms with Crippen LogP contribution in [0, 0.1) is 47.3 Å². The summed E-state index contributed by atoms with van der Waals surface area (Å²) in [4.78, 5) is 22.2. The smallest absolute Gasteiger partial charge is 0.123 e. The topological polar surface area (TPSA) is 34.1 Å². The Labute approximate surface area is 101 Å². The Morgan fingerprint density at radius 3 is 2.35 bits per heavy atom. The van der Waals surface area contributed by atoms with E-state index in [0.717, 1.165) is 36.2 Å². The van der Waals surface area contributed by atoms with Crippen LogP contribution in [-0.2, 0) is 9.59 Å². The van der Waals surface area contributed by atoms with E-state index in [4.69, 9.17) is 0 Å². The molecule has 0 aromatic carbocycles. The van der Waals surface area contributed by atoms with E-state index in [1.165, 1.54) is 12.8 Å². The van der Waals surface area contributed by atoms with Crippen LogP contribution in [0.2, 0.25) is 0 Å². The van der Waals surface area contributed by atoms with Gasteiger partial charge in [-0.2, -0.15) is 0 Å². The monoisotopic (exact) mass is 230 g/mol. The molecule has 90 valence electrons. The Kier molecular flexibility index (Phi) is 1.95. The minimum atomic E-state index is 0.180. The minimum absolute atomic E-state index is 0.180. The molecular formula is C15H18O2. The summed E-state index contributed by atoms with van der Waals surface area (Å²) >= 11 is 0. The molecule has 0 heterocycles.